The average molecular weight is 246 g/mol. The Bertz CT molecular complexity index is 317. The summed E-state index contributed by atoms with van der Waals surface area (Å²) in [7, 11) is 0. The Morgan fingerprint density at radius 1 is 1.62 bits per heavy atom. The molecule has 0 saturated heterocycles. The van der Waals surface area contributed by atoms with Gasteiger partial charge in [-0.25, -0.2) is 0 Å². The van der Waals surface area contributed by atoms with Gasteiger partial charge in [0.15, 0.2) is 0 Å². The van der Waals surface area contributed by atoms with E-state index >= 15 is 0 Å². The van der Waals surface area contributed by atoms with Gasteiger partial charge in [0.05, 0.1) is 4.60 Å². The number of ether oxygens (including phenoxy) is 1. The summed E-state index contributed by atoms with van der Waals surface area (Å²) in [6.07, 6.45) is 1.80. The molecule has 0 amide bonds. The van der Waals surface area contributed by atoms with Crippen LogP contribution >= 0.6 is 15.9 Å². The van der Waals surface area contributed by atoms with E-state index in [1.807, 2.05) is 4.57 Å². The summed E-state index contributed by atoms with van der Waals surface area (Å²) in [6, 6.07) is 2.13. The largest absolute Gasteiger partial charge is 0.425 e. The number of nitrogens with zero attached hydrogens (tertiary/aromatic N) is 1. The van der Waals surface area contributed by atoms with Crippen LogP contribution < -0.4 is 4.74 Å². The van der Waals surface area contributed by atoms with Crippen LogP contribution in [-0.2, 0) is 4.79 Å². The second-order valence-corrected chi connectivity index (χ2v) is 3.91. The fraction of sp³-hybridized carbons (Fsp3) is 0.444. The second kappa shape index (κ2) is 3.96. The van der Waals surface area contributed by atoms with Crippen molar-refractivity contribution in [2.75, 3.05) is 0 Å². The molecule has 1 heterocycles. The third-order valence-electron chi connectivity index (χ3n) is 1.59. The predicted octanol–water partition coefficient (Wildman–Crippen LogP) is 2.76. The number of rotatable bonds is 2. The number of hydrogen-bond acceptors (Lipinski definition) is 2. The fourth-order valence-electron chi connectivity index (χ4n) is 1.05. The summed E-state index contributed by atoms with van der Waals surface area (Å²) in [5, 5.41) is 0. The minimum Gasteiger partial charge on any atom is -0.425 e. The number of aromatic nitrogens is 1. The topological polar surface area (TPSA) is 31.2 Å². The zero-order chi connectivity index (χ0) is 10.0. The van der Waals surface area contributed by atoms with E-state index < -0.39 is 0 Å². The molecule has 0 aromatic carbocycles. The van der Waals surface area contributed by atoms with Gasteiger partial charge in [0.25, 0.3) is 0 Å². The van der Waals surface area contributed by atoms with Crippen molar-refractivity contribution in [2.45, 2.75) is 26.8 Å². The fourth-order valence-corrected chi connectivity index (χ4v) is 1.78. The van der Waals surface area contributed by atoms with E-state index in [-0.39, 0.29) is 5.97 Å². The van der Waals surface area contributed by atoms with Gasteiger partial charge in [0.2, 0.25) is 0 Å². The first-order valence-corrected chi connectivity index (χ1v) is 4.86. The smallest absolute Gasteiger partial charge is 0.308 e. The SMILES string of the molecule is CC(=O)Oc1cc(Br)n(C(C)C)c1. The van der Waals surface area contributed by atoms with Crippen molar-refractivity contribution in [3.05, 3.63) is 16.9 Å². The lowest BCUT2D eigenvalue weighted by Gasteiger charge is -2.07. The molecule has 0 aliphatic carbocycles. The first-order chi connectivity index (χ1) is 6.00. The van der Waals surface area contributed by atoms with Crippen LogP contribution in [0.3, 0.4) is 0 Å². The van der Waals surface area contributed by atoms with E-state index in [4.69, 9.17) is 4.74 Å². The summed E-state index contributed by atoms with van der Waals surface area (Å²) in [4.78, 5) is 10.7. The van der Waals surface area contributed by atoms with Crippen LogP contribution in [0.1, 0.15) is 26.8 Å². The number of esters is 1. The van der Waals surface area contributed by atoms with E-state index in [2.05, 4.69) is 29.8 Å². The first kappa shape index (κ1) is 10.3. The average Bonchev–Trinajstić information content (AvgIpc) is 2.29. The quantitative estimate of drug-likeness (QED) is 0.751. The van der Waals surface area contributed by atoms with Crippen molar-refractivity contribution in [1.29, 1.82) is 0 Å². The summed E-state index contributed by atoms with van der Waals surface area (Å²) in [5.74, 6) is 0.279. The maximum atomic E-state index is 10.7. The second-order valence-electron chi connectivity index (χ2n) is 3.09. The Kier molecular flexibility index (Phi) is 3.14. The normalized spacial score (nSPS) is 10.5. The molecule has 0 N–H and O–H groups in total. The van der Waals surface area contributed by atoms with Gasteiger partial charge in [0, 0.05) is 25.2 Å². The highest BCUT2D eigenvalue weighted by Gasteiger charge is 2.07. The molecule has 4 heteroatoms. The number of hydrogen-bond donors (Lipinski definition) is 0. The van der Waals surface area contributed by atoms with E-state index in [0.29, 0.717) is 11.8 Å². The first-order valence-electron chi connectivity index (χ1n) is 4.06. The lowest BCUT2D eigenvalue weighted by Crippen LogP contribution is -2.01. The van der Waals surface area contributed by atoms with Crippen molar-refractivity contribution in [3.8, 4) is 5.75 Å². The van der Waals surface area contributed by atoms with Crippen LogP contribution in [0.25, 0.3) is 0 Å². The molecule has 0 aliphatic heterocycles. The summed E-state index contributed by atoms with van der Waals surface area (Å²) < 4.78 is 7.84. The van der Waals surface area contributed by atoms with Gasteiger partial charge in [0.1, 0.15) is 5.75 Å². The molecule has 0 unspecified atom stereocenters. The van der Waals surface area contributed by atoms with Gasteiger partial charge in [-0.2, -0.15) is 0 Å². The summed E-state index contributed by atoms with van der Waals surface area (Å²) >= 11 is 3.38. The molecular formula is C9H12BrNO2. The molecule has 0 aliphatic rings. The van der Waals surface area contributed by atoms with E-state index in [1.54, 1.807) is 12.3 Å². The third kappa shape index (κ3) is 2.59. The standard InChI is InChI=1S/C9H12BrNO2/c1-6(2)11-5-8(4-9(11)10)13-7(3)12/h4-6H,1-3H3. The van der Waals surface area contributed by atoms with Gasteiger partial charge in [-0.3, -0.25) is 4.79 Å². The van der Waals surface area contributed by atoms with Crippen LogP contribution in [0.4, 0.5) is 0 Å². The van der Waals surface area contributed by atoms with Crippen LogP contribution in [0.2, 0.25) is 0 Å². The molecule has 0 bridgehead atoms. The molecule has 0 fully saturated rings. The Morgan fingerprint density at radius 2 is 2.23 bits per heavy atom. The molecule has 1 aromatic rings. The molecular weight excluding hydrogens is 234 g/mol. The van der Waals surface area contributed by atoms with Crippen LogP contribution in [0, 0.1) is 0 Å². The predicted molar refractivity (Wildman–Crippen MR) is 53.8 cm³/mol. The third-order valence-corrected chi connectivity index (χ3v) is 2.23. The minimum absolute atomic E-state index is 0.298. The van der Waals surface area contributed by atoms with Gasteiger partial charge in [-0.05, 0) is 29.8 Å². The van der Waals surface area contributed by atoms with Gasteiger partial charge in [-0.1, -0.05) is 0 Å². The van der Waals surface area contributed by atoms with Crippen LogP contribution in [0.15, 0.2) is 16.9 Å². The van der Waals surface area contributed by atoms with Gasteiger partial charge < -0.3 is 9.30 Å². The highest BCUT2D eigenvalue weighted by Crippen LogP contribution is 2.24. The van der Waals surface area contributed by atoms with Gasteiger partial charge in [-0.15, -0.1) is 0 Å². The van der Waals surface area contributed by atoms with Crippen molar-refractivity contribution in [1.82, 2.24) is 4.57 Å². The number of halogens is 1. The highest BCUT2D eigenvalue weighted by atomic mass is 79.9. The lowest BCUT2D eigenvalue weighted by atomic mass is 10.4. The molecule has 3 nitrogen and oxygen atoms in total. The van der Waals surface area contributed by atoms with Crippen molar-refractivity contribution < 1.29 is 9.53 Å². The monoisotopic (exact) mass is 245 g/mol. The Hall–Kier alpha value is -0.770. The van der Waals surface area contributed by atoms with Crippen molar-refractivity contribution in [2.24, 2.45) is 0 Å². The Labute approximate surface area is 85.8 Å². The maximum absolute atomic E-state index is 10.7. The van der Waals surface area contributed by atoms with E-state index in [9.17, 15) is 4.79 Å². The molecule has 1 aromatic heterocycles. The van der Waals surface area contributed by atoms with E-state index in [1.165, 1.54) is 6.92 Å². The Balaban J connectivity index is 2.88. The molecule has 72 valence electrons. The van der Waals surface area contributed by atoms with Crippen molar-refractivity contribution in [3.63, 3.8) is 0 Å². The highest BCUT2D eigenvalue weighted by molar-refractivity contribution is 9.10. The minimum atomic E-state index is -0.298. The molecule has 0 atom stereocenters. The van der Waals surface area contributed by atoms with Crippen molar-refractivity contribution >= 4 is 21.9 Å². The molecule has 0 saturated carbocycles. The molecule has 13 heavy (non-hydrogen) atoms. The summed E-state index contributed by atoms with van der Waals surface area (Å²) in [6.45, 7) is 5.51. The maximum Gasteiger partial charge on any atom is 0.308 e. The summed E-state index contributed by atoms with van der Waals surface area (Å²) in [5.41, 5.74) is 0. The Morgan fingerprint density at radius 3 is 2.62 bits per heavy atom. The zero-order valence-electron chi connectivity index (χ0n) is 7.87. The molecule has 0 spiro atoms. The number of carbonyl (C=O) groups is 1. The van der Waals surface area contributed by atoms with E-state index in [0.717, 1.165) is 4.60 Å². The molecule has 1 rings (SSSR count). The van der Waals surface area contributed by atoms with Crippen LogP contribution in [0.5, 0.6) is 5.75 Å². The number of carbonyl (C=O) groups excluding carboxylic acids is 1. The van der Waals surface area contributed by atoms with Crippen LogP contribution in [-0.4, -0.2) is 10.5 Å². The lowest BCUT2D eigenvalue weighted by molar-refractivity contribution is -0.131. The van der Waals surface area contributed by atoms with Gasteiger partial charge >= 0.3 is 5.97 Å². The zero-order valence-corrected chi connectivity index (χ0v) is 9.46. The molecule has 0 radical (unpaired) electrons.